The number of nitrogens with one attached hydrogen (secondary N) is 2. The smallest absolute Gasteiger partial charge is 0.251 e. The Bertz CT molecular complexity index is 835. The maximum atomic E-state index is 13.2. The van der Waals surface area contributed by atoms with E-state index < -0.39 is 6.04 Å². The molecule has 0 aromatic heterocycles. The van der Waals surface area contributed by atoms with Crippen LogP contribution in [0.15, 0.2) is 54.6 Å². The van der Waals surface area contributed by atoms with E-state index in [0.717, 1.165) is 38.5 Å². The number of thioether (sulfide) groups is 1. The Kier molecular flexibility index (Phi) is 8.34. The van der Waals surface area contributed by atoms with Crippen molar-refractivity contribution in [3.63, 3.8) is 0 Å². The van der Waals surface area contributed by atoms with E-state index in [-0.39, 0.29) is 11.8 Å². The highest BCUT2D eigenvalue weighted by Crippen LogP contribution is 2.09. The van der Waals surface area contributed by atoms with Crippen LogP contribution in [0, 0.1) is 6.92 Å². The van der Waals surface area contributed by atoms with Gasteiger partial charge in [-0.05, 0) is 43.0 Å². The van der Waals surface area contributed by atoms with E-state index in [1.54, 1.807) is 23.9 Å². The van der Waals surface area contributed by atoms with E-state index in [1.807, 2.05) is 29.4 Å². The van der Waals surface area contributed by atoms with Crippen molar-refractivity contribution < 1.29 is 14.5 Å². The number of piperazine rings is 1. The minimum Gasteiger partial charge on any atom is -0.340 e. The number of aryl methyl sites for hydroxylation is 1. The molecule has 5 nitrogen and oxygen atoms in total. The Morgan fingerprint density at radius 1 is 1.07 bits per heavy atom. The van der Waals surface area contributed by atoms with Gasteiger partial charge in [0.25, 0.3) is 5.91 Å². The van der Waals surface area contributed by atoms with Crippen LogP contribution in [0.5, 0.6) is 0 Å². The van der Waals surface area contributed by atoms with Gasteiger partial charge >= 0.3 is 0 Å². The van der Waals surface area contributed by atoms with Crippen molar-refractivity contribution in [1.29, 1.82) is 0 Å². The van der Waals surface area contributed by atoms with Crippen molar-refractivity contribution in [3.05, 3.63) is 71.3 Å². The van der Waals surface area contributed by atoms with Gasteiger partial charge in [-0.1, -0.05) is 42.5 Å². The Morgan fingerprint density at radius 2 is 1.73 bits per heavy atom. The molecular formula is C24H32N3O2S+. The molecule has 1 saturated heterocycles. The van der Waals surface area contributed by atoms with E-state index in [2.05, 4.69) is 36.5 Å². The second-order valence-electron chi connectivity index (χ2n) is 7.85. The van der Waals surface area contributed by atoms with Crippen LogP contribution in [0.3, 0.4) is 0 Å². The Hall–Kier alpha value is -2.31. The summed E-state index contributed by atoms with van der Waals surface area (Å²) in [6.45, 7) is 6.48. The highest BCUT2D eigenvalue weighted by atomic mass is 32.2. The van der Waals surface area contributed by atoms with Gasteiger partial charge < -0.3 is 15.1 Å². The fraction of sp³-hybridized carbons (Fsp3) is 0.417. The van der Waals surface area contributed by atoms with Crippen LogP contribution >= 0.6 is 11.8 Å². The number of amides is 2. The molecule has 0 saturated carbocycles. The summed E-state index contributed by atoms with van der Waals surface area (Å²) in [5, 5.41) is 2.97. The van der Waals surface area contributed by atoms with Crippen molar-refractivity contribution in [2.24, 2.45) is 0 Å². The summed E-state index contributed by atoms with van der Waals surface area (Å²) in [7, 11) is 0. The number of quaternary nitrogens is 1. The van der Waals surface area contributed by atoms with Gasteiger partial charge in [-0.2, -0.15) is 11.8 Å². The van der Waals surface area contributed by atoms with Crippen LogP contribution in [0.25, 0.3) is 0 Å². The van der Waals surface area contributed by atoms with E-state index in [4.69, 9.17) is 0 Å². The monoisotopic (exact) mass is 426 g/mol. The maximum Gasteiger partial charge on any atom is 0.251 e. The summed E-state index contributed by atoms with van der Waals surface area (Å²) >= 11 is 1.69. The van der Waals surface area contributed by atoms with Crippen molar-refractivity contribution in [2.75, 3.05) is 38.2 Å². The first-order valence-electron chi connectivity index (χ1n) is 10.6. The lowest BCUT2D eigenvalue weighted by molar-refractivity contribution is -0.917. The number of rotatable bonds is 8. The van der Waals surface area contributed by atoms with Crippen molar-refractivity contribution in [1.82, 2.24) is 10.2 Å². The molecule has 1 fully saturated rings. The lowest BCUT2D eigenvalue weighted by Gasteiger charge is -2.34. The zero-order chi connectivity index (χ0) is 21.3. The van der Waals surface area contributed by atoms with Crippen LogP contribution in [-0.4, -0.2) is 60.9 Å². The minimum atomic E-state index is -0.469. The largest absolute Gasteiger partial charge is 0.340 e. The zero-order valence-corrected chi connectivity index (χ0v) is 18.7. The second kappa shape index (κ2) is 11.2. The van der Waals surface area contributed by atoms with Crippen molar-refractivity contribution in [2.45, 2.75) is 25.9 Å². The average Bonchev–Trinajstić information content (AvgIpc) is 2.78. The number of carbonyl (C=O) groups excluding carboxylic acids is 2. The molecule has 2 aromatic rings. The summed E-state index contributed by atoms with van der Waals surface area (Å²) < 4.78 is 0. The molecule has 1 atom stereocenters. The van der Waals surface area contributed by atoms with Crippen LogP contribution in [0.4, 0.5) is 0 Å². The normalized spacial score (nSPS) is 15.6. The van der Waals surface area contributed by atoms with Crippen LogP contribution < -0.4 is 10.2 Å². The first-order chi connectivity index (χ1) is 14.6. The summed E-state index contributed by atoms with van der Waals surface area (Å²) in [5.41, 5.74) is 3.29. The summed E-state index contributed by atoms with van der Waals surface area (Å²) in [5.74, 6) is 0.700. The predicted octanol–water partition coefficient (Wildman–Crippen LogP) is 1.77. The minimum absolute atomic E-state index is 0.0447. The molecule has 0 aliphatic carbocycles. The second-order valence-corrected chi connectivity index (χ2v) is 8.84. The third kappa shape index (κ3) is 6.09. The first kappa shape index (κ1) is 22.4. The summed E-state index contributed by atoms with van der Waals surface area (Å²) in [6, 6.07) is 17.1. The van der Waals surface area contributed by atoms with Gasteiger partial charge in [-0.15, -0.1) is 0 Å². The molecule has 2 aromatic carbocycles. The summed E-state index contributed by atoms with van der Waals surface area (Å²) in [4.78, 5) is 29.2. The van der Waals surface area contributed by atoms with Gasteiger partial charge in [0.05, 0.1) is 26.2 Å². The molecular weight excluding hydrogens is 394 g/mol. The predicted molar refractivity (Wildman–Crippen MR) is 123 cm³/mol. The molecule has 0 spiro atoms. The van der Waals surface area contributed by atoms with Gasteiger partial charge in [0.15, 0.2) is 0 Å². The number of carbonyl (C=O) groups is 2. The highest BCUT2D eigenvalue weighted by Gasteiger charge is 2.30. The molecule has 3 rings (SSSR count). The van der Waals surface area contributed by atoms with Gasteiger partial charge in [-0.25, -0.2) is 0 Å². The van der Waals surface area contributed by atoms with Gasteiger partial charge in [-0.3, -0.25) is 9.59 Å². The molecule has 0 radical (unpaired) electrons. The number of hydrogen-bond acceptors (Lipinski definition) is 3. The molecule has 1 heterocycles. The van der Waals surface area contributed by atoms with Crippen LogP contribution in [-0.2, 0) is 11.3 Å². The van der Waals surface area contributed by atoms with Crippen molar-refractivity contribution >= 4 is 23.6 Å². The summed E-state index contributed by atoms with van der Waals surface area (Å²) in [6.07, 6.45) is 2.67. The van der Waals surface area contributed by atoms with Gasteiger partial charge in [0, 0.05) is 11.1 Å². The fourth-order valence-electron chi connectivity index (χ4n) is 3.84. The maximum absolute atomic E-state index is 13.2. The van der Waals surface area contributed by atoms with Crippen LogP contribution in [0.1, 0.15) is 27.9 Å². The van der Waals surface area contributed by atoms with Crippen molar-refractivity contribution in [3.8, 4) is 0 Å². The van der Waals surface area contributed by atoms with E-state index >= 15 is 0 Å². The molecule has 0 bridgehead atoms. The number of nitrogens with zero attached hydrogens (tertiary/aromatic N) is 1. The third-order valence-electron chi connectivity index (χ3n) is 5.73. The zero-order valence-electron chi connectivity index (χ0n) is 17.9. The molecule has 2 N–H and O–H groups in total. The third-order valence-corrected chi connectivity index (χ3v) is 6.38. The van der Waals surface area contributed by atoms with Crippen LogP contribution in [0.2, 0.25) is 0 Å². The highest BCUT2D eigenvalue weighted by molar-refractivity contribution is 7.98. The molecule has 6 heteroatoms. The Balaban J connectivity index is 1.57. The standard InChI is InChI=1S/C24H31N3O2S/c1-19-8-6-7-11-21(19)18-26-13-15-27(16-14-26)24(29)22(12-17-30-2)25-23(28)20-9-4-3-5-10-20/h3-11,22H,12-18H2,1-2H3,(H,25,28)/p+1/t22-/m0/s1. The van der Waals surface area contributed by atoms with E-state index in [1.165, 1.54) is 16.0 Å². The number of benzene rings is 2. The van der Waals surface area contributed by atoms with Gasteiger partial charge in [0.1, 0.15) is 12.6 Å². The molecule has 0 unspecified atom stereocenters. The average molecular weight is 427 g/mol. The number of hydrogen-bond donors (Lipinski definition) is 2. The molecule has 160 valence electrons. The quantitative estimate of drug-likeness (QED) is 0.677. The lowest BCUT2D eigenvalue weighted by Crippen LogP contribution is -3.13. The molecule has 1 aliphatic heterocycles. The molecule has 30 heavy (non-hydrogen) atoms. The Morgan fingerprint density at radius 3 is 2.40 bits per heavy atom. The van der Waals surface area contributed by atoms with Gasteiger partial charge in [0.2, 0.25) is 5.91 Å². The topological polar surface area (TPSA) is 53.9 Å². The first-order valence-corrected chi connectivity index (χ1v) is 12.0. The Labute approximate surface area is 183 Å². The van der Waals surface area contributed by atoms with E-state index in [0.29, 0.717) is 12.0 Å². The molecule has 1 aliphatic rings. The molecule has 2 amide bonds. The fourth-order valence-corrected chi connectivity index (χ4v) is 4.31. The SMILES string of the molecule is CSCC[C@H](NC(=O)c1ccccc1)C(=O)N1CC[NH+](Cc2ccccc2C)CC1. The lowest BCUT2D eigenvalue weighted by atomic mass is 10.1. The van der Waals surface area contributed by atoms with E-state index in [9.17, 15) is 9.59 Å².